The van der Waals surface area contributed by atoms with Crippen LogP contribution in [0.5, 0.6) is 5.75 Å². The molecule has 0 aliphatic carbocycles. The third kappa shape index (κ3) is 3.63. The minimum absolute atomic E-state index is 0.0692. The van der Waals surface area contributed by atoms with Gasteiger partial charge in [-0.25, -0.2) is 0 Å². The standard InChI is InChI=1S/C15H17BrN2O2/c1-3-20-13-6-4-11(5-7-13)10(2)18-15(19)14-8-12(16)9-17-14/h4-10,17H,3H2,1-2H3,(H,18,19). The van der Waals surface area contributed by atoms with Crippen LogP contribution in [0.4, 0.5) is 0 Å². The van der Waals surface area contributed by atoms with Crippen LogP contribution in [0.25, 0.3) is 0 Å². The van der Waals surface area contributed by atoms with Crippen molar-refractivity contribution in [3.63, 3.8) is 0 Å². The first-order valence-corrected chi connectivity index (χ1v) is 7.27. The number of aromatic amines is 1. The molecule has 0 fully saturated rings. The van der Waals surface area contributed by atoms with E-state index in [1.54, 1.807) is 12.3 Å². The Bertz CT molecular complexity index is 578. The molecule has 0 aliphatic rings. The van der Waals surface area contributed by atoms with Gasteiger partial charge >= 0.3 is 0 Å². The van der Waals surface area contributed by atoms with E-state index in [9.17, 15) is 4.79 Å². The van der Waals surface area contributed by atoms with Crippen LogP contribution in [0.2, 0.25) is 0 Å². The maximum atomic E-state index is 12.0. The Labute approximate surface area is 126 Å². The van der Waals surface area contributed by atoms with Crippen LogP contribution >= 0.6 is 15.9 Å². The summed E-state index contributed by atoms with van der Waals surface area (Å²) in [5.74, 6) is 0.708. The Morgan fingerprint density at radius 2 is 2.10 bits per heavy atom. The van der Waals surface area contributed by atoms with Crippen molar-refractivity contribution >= 4 is 21.8 Å². The first kappa shape index (κ1) is 14.7. The van der Waals surface area contributed by atoms with E-state index in [2.05, 4.69) is 26.2 Å². The molecule has 2 N–H and O–H groups in total. The summed E-state index contributed by atoms with van der Waals surface area (Å²) in [4.78, 5) is 14.9. The predicted molar refractivity (Wildman–Crippen MR) is 82.0 cm³/mol. The van der Waals surface area contributed by atoms with Crippen molar-refractivity contribution in [3.05, 3.63) is 52.3 Å². The predicted octanol–water partition coefficient (Wildman–Crippen LogP) is 3.67. The number of hydrogen-bond acceptors (Lipinski definition) is 2. The number of rotatable bonds is 5. The monoisotopic (exact) mass is 336 g/mol. The normalized spacial score (nSPS) is 11.9. The molecule has 2 aromatic rings. The van der Waals surface area contributed by atoms with Crippen LogP contribution in [-0.2, 0) is 0 Å². The smallest absolute Gasteiger partial charge is 0.268 e. The van der Waals surface area contributed by atoms with Crippen LogP contribution in [0.15, 0.2) is 41.0 Å². The minimum Gasteiger partial charge on any atom is -0.494 e. The average Bonchev–Trinajstić information content (AvgIpc) is 2.86. The molecule has 0 bridgehead atoms. The van der Waals surface area contributed by atoms with Crippen LogP contribution in [0, 0.1) is 0 Å². The maximum Gasteiger partial charge on any atom is 0.268 e. The summed E-state index contributed by atoms with van der Waals surface area (Å²) in [7, 11) is 0. The van der Waals surface area contributed by atoms with Gasteiger partial charge in [0.25, 0.3) is 5.91 Å². The second kappa shape index (κ2) is 6.61. The van der Waals surface area contributed by atoms with Crippen molar-refractivity contribution < 1.29 is 9.53 Å². The maximum absolute atomic E-state index is 12.0. The highest BCUT2D eigenvalue weighted by atomic mass is 79.9. The summed E-state index contributed by atoms with van der Waals surface area (Å²) in [6.07, 6.45) is 1.73. The number of amides is 1. The van der Waals surface area contributed by atoms with E-state index in [-0.39, 0.29) is 11.9 Å². The lowest BCUT2D eigenvalue weighted by molar-refractivity contribution is 0.0935. The molecule has 1 amide bonds. The summed E-state index contributed by atoms with van der Waals surface area (Å²) in [6.45, 7) is 4.55. The minimum atomic E-state index is -0.128. The molecule has 1 aromatic carbocycles. The number of aromatic nitrogens is 1. The molecule has 1 heterocycles. The van der Waals surface area contributed by atoms with E-state index in [0.29, 0.717) is 12.3 Å². The first-order valence-electron chi connectivity index (χ1n) is 6.47. The molecule has 1 atom stereocenters. The lowest BCUT2D eigenvalue weighted by atomic mass is 10.1. The van der Waals surface area contributed by atoms with Gasteiger partial charge in [-0.2, -0.15) is 0 Å². The SMILES string of the molecule is CCOc1ccc(C(C)NC(=O)c2cc(Br)c[nH]2)cc1. The van der Waals surface area contributed by atoms with Crippen molar-refractivity contribution in [2.75, 3.05) is 6.61 Å². The highest BCUT2D eigenvalue weighted by Gasteiger charge is 2.12. The molecule has 1 aromatic heterocycles. The van der Waals surface area contributed by atoms with Crippen molar-refractivity contribution in [3.8, 4) is 5.75 Å². The van der Waals surface area contributed by atoms with Gasteiger partial charge in [0.05, 0.1) is 12.6 Å². The molecular weight excluding hydrogens is 320 g/mol. The highest BCUT2D eigenvalue weighted by Crippen LogP contribution is 2.18. The number of benzene rings is 1. The van der Waals surface area contributed by atoms with E-state index < -0.39 is 0 Å². The molecule has 106 valence electrons. The molecule has 0 spiro atoms. The average molecular weight is 337 g/mol. The second-order valence-corrected chi connectivity index (χ2v) is 5.34. The molecule has 0 saturated carbocycles. The fourth-order valence-electron chi connectivity index (χ4n) is 1.88. The summed E-state index contributed by atoms with van der Waals surface area (Å²) < 4.78 is 6.25. The number of halogens is 1. The molecule has 0 aliphatic heterocycles. The summed E-state index contributed by atoms with van der Waals surface area (Å²) in [5, 5.41) is 2.95. The van der Waals surface area contributed by atoms with E-state index >= 15 is 0 Å². The fraction of sp³-hybridized carbons (Fsp3) is 0.267. The molecule has 1 unspecified atom stereocenters. The van der Waals surface area contributed by atoms with Gasteiger partial charge in [-0.1, -0.05) is 12.1 Å². The van der Waals surface area contributed by atoms with Gasteiger partial charge in [0.15, 0.2) is 0 Å². The zero-order valence-electron chi connectivity index (χ0n) is 11.4. The number of ether oxygens (including phenoxy) is 1. The molecule has 0 saturated heterocycles. The largest absolute Gasteiger partial charge is 0.494 e. The van der Waals surface area contributed by atoms with E-state index in [1.165, 1.54) is 0 Å². The lowest BCUT2D eigenvalue weighted by Crippen LogP contribution is -2.26. The first-order chi connectivity index (χ1) is 9.60. The van der Waals surface area contributed by atoms with Crippen molar-refractivity contribution in [2.24, 2.45) is 0 Å². The molecule has 5 heteroatoms. The van der Waals surface area contributed by atoms with Gasteiger partial charge in [0.1, 0.15) is 11.4 Å². The summed E-state index contributed by atoms with van der Waals surface area (Å²) in [6, 6.07) is 9.42. The van der Waals surface area contributed by atoms with E-state index in [4.69, 9.17) is 4.74 Å². The van der Waals surface area contributed by atoms with Crippen molar-refractivity contribution in [1.29, 1.82) is 0 Å². The van der Waals surface area contributed by atoms with Crippen LogP contribution in [0.3, 0.4) is 0 Å². The van der Waals surface area contributed by atoms with Crippen LogP contribution in [0.1, 0.15) is 35.9 Å². The molecule has 2 rings (SSSR count). The number of nitrogens with one attached hydrogen (secondary N) is 2. The number of carbonyl (C=O) groups is 1. The Morgan fingerprint density at radius 3 is 2.65 bits per heavy atom. The van der Waals surface area contributed by atoms with Gasteiger partial charge in [0.2, 0.25) is 0 Å². The Balaban J connectivity index is 2.00. The third-order valence-corrected chi connectivity index (χ3v) is 3.39. The Kier molecular flexibility index (Phi) is 4.84. The van der Waals surface area contributed by atoms with Gasteiger partial charge in [-0.3, -0.25) is 4.79 Å². The third-order valence-electron chi connectivity index (χ3n) is 2.93. The topological polar surface area (TPSA) is 54.1 Å². The van der Waals surface area contributed by atoms with Crippen molar-refractivity contribution in [2.45, 2.75) is 19.9 Å². The van der Waals surface area contributed by atoms with Crippen molar-refractivity contribution in [1.82, 2.24) is 10.3 Å². The molecule has 20 heavy (non-hydrogen) atoms. The van der Waals surface area contributed by atoms with Gasteiger partial charge < -0.3 is 15.0 Å². The molecule has 0 radical (unpaired) electrons. The Morgan fingerprint density at radius 1 is 1.40 bits per heavy atom. The number of H-pyrrole nitrogens is 1. The summed E-state index contributed by atoms with van der Waals surface area (Å²) >= 11 is 3.31. The molecular formula is C15H17BrN2O2. The van der Waals surface area contributed by atoms with Crippen LogP contribution in [-0.4, -0.2) is 17.5 Å². The van der Waals surface area contributed by atoms with Gasteiger partial charge in [-0.05, 0) is 53.5 Å². The van der Waals surface area contributed by atoms with Gasteiger partial charge in [-0.15, -0.1) is 0 Å². The van der Waals surface area contributed by atoms with Gasteiger partial charge in [0, 0.05) is 10.7 Å². The quantitative estimate of drug-likeness (QED) is 0.875. The van der Waals surface area contributed by atoms with E-state index in [0.717, 1.165) is 15.8 Å². The second-order valence-electron chi connectivity index (χ2n) is 4.43. The zero-order valence-corrected chi connectivity index (χ0v) is 13.0. The lowest BCUT2D eigenvalue weighted by Gasteiger charge is -2.14. The number of hydrogen-bond donors (Lipinski definition) is 2. The van der Waals surface area contributed by atoms with E-state index in [1.807, 2.05) is 38.1 Å². The summed E-state index contributed by atoms with van der Waals surface area (Å²) in [5.41, 5.74) is 1.57. The van der Waals surface area contributed by atoms with Crippen LogP contribution < -0.4 is 10.1 Å². The zero-order chi connectivity index (χ0) is 14.5. The number of carbonyl (C=O) groups excluding carboxylic acids is 1. The Hall–Kier alpha value is -1.75. The molecule has 4 nitrogen and oxygen atoms in total. The highest BCUT2D eigenvalue weighted by molar-refractivity contribution is 9.10. The fourth-order valence-corrected chi connectivity index (χ4v) is 2.22.